The molecule has 6 aliphatic rings. The highest BCUT2D eigenvalue weighted by atomic mass is 35.5. The second-order valence-corrected chi connectivity index (χ2v) is 35.7. The smallest absolute Gasteiger partial charge is 0.289 e. The number of anilines is 5. The van der Waals surface area contributed by atoms with Gasteiger partial charge in [0.15, 0.2) is 0 Å². The Balaban J connectivity index is 0.000000343. The quantitative estimate of drug-likeness (QED) is 0.0196. The Hall–Kier alpha value is -14.8. The molecular formula is C91H128Cl2N32O18. The third kappa shape index (κ3) is 31.1. The van der Waals surface area contributed by atoms with E-state index in [1.165, 1.54) is 211 Å². The number of hydrogen-bond acceptors (Lipinski definition) is 31. The summed E-state index contributed by atoms with van der Waals surface area (Å²) in [4.78, 5) is 88.2. The number of nitrogens with zero attached hydrogens (tertiary/aromatic N) is 21. The summed E-state index contributed by atoms with van der Waals surface area (Å²) in [5.41, 5.74) is 36.2. The van der Waals surface area contributed by atoms with Crippen molar-refractivity contribution in [1.29, 1.82) is 0 Å². The third-order valence-corrected chi connectivity index (χ3v) is 26.5. The summed E-state index contributed by atoms with van der Waals surface area (Å²) in [5.74, 6) is 2.55. The molecule has 6 saturated carbocycles. The summed E-state index contributed by atoms with van der Waals surface area (Å²) in [7, 11) is 0. The minimum Gasteiger partial charge on any atom is -0.412 e. The topological polar surface area (TPSA) is 763 Å². The number of carbonyl (C=O) groups is 2. The number of carbonyl (C=O) groups excluding carboxylic acids is 2. The van der Waals surface area contributed by atoms with Crippen molar-refractivity contribution in [3.63, 3.8) is 0 Å². The van der Waals surface area contributed by atoms with Crippen LogP contribution in [0.15, 0.2) is 111 Å². The SMILES string of the molecule is C.C[C@@H]1CCCC[C@@H]1N.C[C@@H]1CCCC[C@@H]1Nc1c(C(N)=O)cnn2cc(N)cc12.C[C@@H]1CCCC[C@@H]1Nc1c(C(N)=O)cnn2cc([N+](=O)[O-])cc12.C[C@H]1CCCC[C@H]1N.N.N.O.O.OO.OO.[C-]#[N+]c1cnn2cc([N+](=O)[O-])cc2c1Cl.[C-]#[N+]c1cnn2cc([N+](=O)[O-])cc2c1Cl.[C-]#[N+]c1cnn2cc([N+](=O)[O-])cc2c1N[C@@H]1CCCC[C@@H]1C.[C-]#[N+]c1cnn2cc([N+](=O)[O-])cc2c1N[C@H]1CCCC[C@H]1C. The predicted octanol–water partition coefficient (Wildman–Crippen LogP) is 19.2. The average molecular weight is 2030 g/mol. The number of hydrogen-bond donors (Lipinski definition) is 15. The lowest BCUT2D eigenvalue weighted by Crippen LogP contribution is -2.31. The normalized spacial score (nSPS) is 20.0. The zero-order chi connectivity index (χ0) is 101. The van der Waals surface area contributed by atoms with E-state index in [9.17, 15) is 60.2 Å². The molecule has 12 heterocycles. The van der Waals surface area contributed by atoms with Gasteiger partial charge in [-0.15, -0.1) is 0 Å². The van der Waals surface area contributed by atoms with Gasteiger partial charge in [0.2, 0.25) is 22.7 Å². The van der Waals surface area contributed by atoms with Crippen molar-refractivity contribution in [2.45, 2.75) is 239 Å². The molecule has 6 aliphatic carbocycles. The molecule has 143 heavy (non-hydrogen) atoms. The second-order valence-electron chi connectivity index (χ2n) is 35.0. The lowest BCUT2D eigenvalue weighted by Gasteiger charge is -2.31. The van der Waals surface area contributed by atoms with E-state index in [1.54, 1.807) is 10.7 Å². The predicted molar refractivity (Wildman–Crippen MR) is 547 cm³/mol. The van der Waals surface area contributed by atoms with E-state index in [0.29, 0.717) is 109 Å². The maximum absolute atomic E-state index is 11.7. The fourth-order valence-corrected chi connectivity index (χ4v) is 18.0. The summed E-state index contributed by atoms with van der Waals surface area (Å²) in [6, 6.07) is 10.9. The summed E-state index contributed by atoms with van der Waals surface area (Å²) >= 11 is 11.7. The summed E-state index contributed by atoms with van der Waals surface area (Å²) in [5, 5.41) is 116. The van der Waals surface area contributed by atoms with Crippen molar-refractivity contribution in [1.82, 2.24) is 70.0 Å². The molecule has 0 spiro atoms. The Labute approximate surface area is 832 Å². The Kier molecular flexibility index (Phi) is 48.2. The molecule has 52 heteroatoms. The Morgan fingerprint density at radius 2 is 0.566 bits per heavy atom. The summed E-state index contributed by atoms with van der Waals surface area (Å²) < 4.78 is 8.55. The number of nitrogens with two attached hydrogens (primary N) is 5. The van der Waals surface area contributed by atoms with E-state index in [2.05, 4.69) is 113 Å². The maximum Gasteiger partial charge on any atom is 0.289 e. The third-order valence-electron chi connectivity index (χ3n) is 25.8. The highest BCUT2D eigenvalue weighted by Gasteiger charge is 2.31. The Bertz CT molecular complexity index is 6200. The van der Waals surface area contributed by atoms with Crippen molar-refractivity contribution in [3.05, 3.63) is 228 Å². The van der Waals surface area contributed by atoms with Crippen LogP contribution in [-0.2, 0) is 0 Å². The Morgan fingerprint density at radius 1 is 0.357 bits per heavy atom. The molecule has 0 unspecified atom stereocenters. The van der Waals surface area contributed by atoms with E-state index < -0.39 is 36.4 Å². The second kappa shape index (κ2) is 57.2. The molecule has 0 aromatic carbocycles. The van der Waals surface area contributed by atoms with Crippen LogP contribution in [0.5, 0.6) is 0 Å². The molecule has 12 atom stereocenters. The number of nitrogen functional groups attached to an aromatic ring is 1. The van der Waals surface area contributed by atoms with Crippen LogP contribution in [0.25, 0.3) is 52.5 Å². The van der Waals surface area contributed by atoms with Crippen molar-refractivity contribution >= 4 is 148 Å². The van der Waals surface area contributed by atoms with E-state index in [1.807, 2.05) is 6.07 Å². The van der Waals surface area contributed by atoms with Gasteiger partial charge in [-0.3, -0.25) is 81.2 Å². The first-order valence-electron chi connectivity index (χ1n) is 45.0. The lowest BCUT2D eigenvalue weighted by atomic mass is 9.85. The highest BCUT2D eigenvalue weighted by molar-refractivity contribution is 6.37. The van der Waals surface area contributed by atoms with Gasteiger partial charge in [0.05, 0.1) is 177 Å². The van der Waals surface area contributed by atoms with E-state index >= 15 is 0 Å². The number of rotatable bonds is 15. The average Bonchev–Trinajstić information content (AvgIpc) is 1.65. The first-order valence-corrected chi connectivity index (χ1v) is 45.8. The van der Waals surface area contributed by atoms with Gasteiger partial charge in [-0.05, 0) is 119 Å². The first kappa shape index (κ1) is 121. The van der Waals surface area contributed by atoms with Crippen molar-refractivity contribution in [2.24, 2.45) is 58.4 Å². The number of nitrogens with one attached hydrogen (secondary N) is 4. The maximum atomic E-state index is 11.7. The number of halogens is 2. The zero-order valence-electron chi connectivity index (χ0n) is 79.4. The van der Waals surface area contributed by atoms with Crippen molar-refractivity contribution < 1.29 is 66.2 Å². The number of nitro groups is 5. The van der Waals surface area contributed by atoms with Gasteiger partial charge in [0.1, 0.15) is 31.0 Å². The van der Waals surface area contributed by atoms with Gasteiger partial charge >= 0.3 is 0 Å². The minimum atomic E-state index is -0.602. The molecule has 774 valence electrons. The fourth-order valence-electron chi connectivity index (χ4n) is 17.5. The van der Waals surface area contributed by atoms with Gasteiger partial charge in [0.25, 0.3) is 40.3 Å². The molecule has 0 aliphatic heterocycles. The van der Waals surface area contributed by atoms with Crippen LogP contribution in [0, 0.1) is 112 Å². The number of fused-ring (bicyclic) bond motifs is 6. The molecule has 18 rings (SSSR count). The summed E-state index contributed by atoms with van der Waals surface area (Å²) in [6.07, 6.45) is 45.7. The molecule has 28 N–H and O–H groups in total. The van der Waals surface area contributed by atoms with Crippen LogP contribution in [0.1, 0.15) is 224 Å². The molecule has 0 bridgehead atoms. The van der Waals surface area contributed by atoms with Crippen molar-refractivity contribution in [2.75, 3.05) is 27.0 Å². The van der Waals surface area contributed by atoms with Gasteiger partial charge in [-0.1, -0.05) is 149 Å². The standard InChI is InChI=1S/C15H19N5O3.2C15H17N5O2.C15H21N5O.2C8H3ClN4O2.2C7H15N.CH4.2H3N.2H2O2.2H2O/c1-9-4-2-3-5-12(9)18-14-11(15(16)21)7-17-19-8-10(20(22)23)6-13(14)19;2*1-10-5-3-4-6-12(10)18-15-13(16-2)8-17-19-9-11(20(21)22)7-14(15)19;1-9-4-2-3-5-12(9)19-14-11(15(17)21)7-18-20-8-10(16)6-13(14)20;2*1-10-6-3-11-12-4-5(13(14)15)2-7(12)8(6)9;2*1-6-4-2-3-5-7(6)8;;;;2*1-2;;/h6-9,12,18H,2-5H2,1H3,(H2,16,21);2*7-10,12,18H,3-6H2,1H3;6-9,12,19H,2-5,16H2,1H3,(H2,17,21);2*2-4H;2*6-7H,2-5,8H2,1H3;1H4;2*1H3;2*1-2H;2*1H2/t9-,12+;2*10-,12+;9-,12+;;;2*6-,7+;;;;;;;/m1101..10......./s1. The van der Waals surface area contributed by atoms with Gasteiger partial charge in [0, 0.05) is 66.6 Å². The Morgan fingerprint density at radius 3 is 0.804 bits per heavy atom. The molecule has 12 aromatic heterocycles. The number of amides is 2. The molecular weight excluding hydrogens is 1900 g/mol. The van der Waals surface area contributed by atoms with Crippen LogP contribution < -0.4 is 62.2 Å². The zero-order valence-corrected chi connectivity index (χ0v) is 80.9. The molecule has 6 fully saturated rings. The fraction of sp³-hybridized carbons (Fsp3) is 0.473. The van der Waals surface area contributed by atoms with Gasteiger partial charge in [-0.2, -0.15) is 30.6 Å². The summed E-state index contributed by atoms with van der Waals surface area (Å²) in [6.45, 7) is 41.6. The van der Waals surface area contributed by atoms with E-state index in [4.69, 9.17) is 99.2 Å². The number of aromatic nitrogens is 12. The number of primary amides is 2. The largest absolute Gasteiger partial charge is 0.412 e. The van der Waals surface area contributed by atoms with Gasteiger partial charge in [-0.25, -0.2) is 46.5 Å². The van der Waals surface area contributed by atoms with Crippen LogP contribution in [0.3, 0.4) is 0 Å². The van der Waals surface area contributed by atoms with Crippen LogP contribution >= 0.6 is 23.2 Å². The van der Waals surface area contributed by atoms with Crippen LogP contribution in [0.4, 0.5) is 79.6 Å². The first-order chi connectivity index (χ1) is 66.1. The van der Waals surface area contributed by atoms with Crippen LogP contribution in [0.2, 0.25) is 10.0 Å². The molecule has 12 aromatic rings. The molecule has 0 saturated heterocycles. The molecule has 0 radical (unpaired) electrons. The van der Waals surface area contributed by atoms with E-state index in [-0.39, 0.29) is 104 Å². The van der Waals surface area contributed by atoms with Crippen molar-refractivity contribution in [3.8, 4) is 0 Å². The van der Waals surface area contributed by atoms with E-state index in [0.717, 1.165) is 87.2 Å². The molecule has 50 nitrogen and oxygen atoms in total. The highest BCUT2D eigenvalue weighted by Crippen LogP contribution is 2.41. The van der Waals surface area contributed by atoms with Crippen LogP contribution in [-0.4, -0.2) is 162 Å². The molecule has 2 amide bonds. The van der Waals surface area contributed by atoms with Gasteiger partial charge < -0.3 is 73.2 Å². The lowest BCUT2D eigenvalue weighted by molar-refractivity contribution is -0.384. The minimum absolute atomic E-state index is 0. The monoisotopic (exact) mass is 2030 g/mol.